The highest BCUT2D eigenvalue weighted by molar-refractivity contribution is 9.10. The molecule has 1 unspecified atom stereocenters. The van der Waals surface area contributed by atoms with Crippen LogP contribution in [0.5, 0.6) is 0 Å². The first-order chi connectivity index (χ1) is 8.77. The maximum Gasteiger partial charge on any atom is 0.0813 e. The lowest BCUT2D eigenvalue weighted by molar-refractivity contribution is 0.144. The highest BCUT2D eigenvalue weighted by atomic mass is 79.9. The van der Waals surface area contributed by atoms with Gasteiger partial charge in [-0.15, -0.1) is 0 Å². The van der Waals surface area contributed by atoms with Gasteiger partial charge in [-0.05, 0) is 36.8 Å². The number of rotatable bonds is 4. The van der Waals surface area contributed by atoms with Crippen molar-refractivity contribution in [1.29, 1.82) is 0 Å². The molecule has 1 aliphatic heterocycles. The van der Waals surface area contributed by atoms with Gasteiger partial charge in [-0.3, -0.25) is 0 Å². The van der Waals surface area contributed by atoms with E-state index >= 15 is 0 Å². The fourth-order valence-corrected chi connectivity index (χ4v) is 3.70. The van der Waals surface area contributed by atoms with Crippen LogP contribution in [0.15, 0.2) is 28.7 Å². The van der Waals surface area contributed by atoms with Crippen LogP contribution in [0.3, 0.4) is 0 Å². The molecule has 0 radical (unpaired) electrons. The molecule has 1 fully saturated rings. The molecule has 0 saturated carbocycles. The summed E-state index contributed by atoms with van der Waals surface area (Å²) in [6.45, 7) is 3.33. The number of hydrogen-bond acceptors (Lipinski definition) is 3. The molecular formula is C14H20BrNOS. The molecule has 0 aliphatic carbocycles. The van der Waals surface area contributed by atoms with E-state index in [1.165, 1.54) is 24.5 Å². The Morgan fingerprint density at radius 3 is 2.94 bits per heavy atom. The van der Waals surface area contributed by atoms with E-state index in [0.717, 1.165) is 29.5 Å². The van der Waals surface area contributed by atoms with E-state index in [9.17, 15) is 5.11 Å². The van der Waals surface area contributed by atoms with Gasteiger partial charge in [-0.2, -0.15) is 11.8 Å². The summed E-state index contributed by atoms with van der Waals surface area (Å²) in [5.41, 5.74) is 1.00. The average Bonchev–Trinajstić information content (AvgIpc) is 2.65. The number of hydrogen-bond donors (Lipinski definition) is 1. The summed E-state index contributed by atoms with van der Waals surface area (Å²) >= 11 is 5.54. The van der Waals surface area contributed by atoms with Gasteiger partial charge in [-0.25, -0.2) is 0 Å². The van der Waals surface area contributed by atoms with Crippen molar-refractivity contribution in [3.05, 3.63) is 34.3 Å². The Labute approximate surface area is 122 Å². The molecule has 100 valence electrons. The largest absolute Gasteiger partial charge is 0.388 e. The van der Waals surface area contributed by atoms with Crippen LogP contribution in [0.2, 0.25) is 0 Å². The van der Waals surface area contributed by atoms with E-state index in [2.05, 4.69) is 20.8 Å². The predicted molar refractivity (Wildman–Crippen MR) is 82.1 cm³/mol. The Morgan fingerprint density at radius 2 is 2.11 bits per heavy atom. The van der Waals surface area contributed by atoms with E-state index in [-0.39, 0.29) is 6.10 Å². The minimum Gasteiger partial charge on any atom is -0.388 e. The van der Waals surface area contributed by atoms with Gasteiger partial charge in [-0.1, -0.05) is 34.1 Å². The highest BCUT2D eigenvalue weighted by Gasteiger charge is 2.14. The van der Waals surface area contributed by atoms with Crippen LogP contribution in [-0.2, 0) is 0 Å². The lowest BCUT2D eigenvalue weighted by Crippen LogP contribution is -2.28. The van der Waals surface area contributed by atoms with E-state index in [0.29, 0.717) is 0 Å². The van der Waals surface area contributed by atoms with E-state index in [4.69, 9.17) is 0 Å². The molecule has 1 atom stereocenters. The minimum atomic E-state index is -0.364. The second-order valence-corrected chi connectivity index (χ2v) is 6.71. The Balaban J connectivity index is 1.84. The third kappa shape index (κ3) is 4.26. The maximum atomic E-state index is 10.2. The molecule has 1 N–H and O–H groups in total. The summed E-state index contributed by atoms with van der Waals surface area (Å²) in [6, 6.07) is 7.94. The first kappa shape index (κ1) is 14.4. The molecule has 2 nitrogen and oxygen atoms in total. The molecule has 0 aromatic heterocycles. The summed E-state index contributed by atoms with van der Waals surface area (Å²) < 4.78 is 1.00. The van der Waals surface area contributed by atoms with Crippen molar-refractivity contribution in [2.45, 2.75) is 18.9 Å². The number of nitrogens with zero attached hydrogens (tertiary/aromatic N) is 1. The van der Waals surface area contributed by atoms with Gasteiger partial charge < -0.3 is 10.0 Å². The third-order valence-electron chi connectivity index (χ3n) is 3.30. The van der Waals surface area contributed by atoms with Crippen LogP contribution in [-0.4, -0.2) is 41.1 Å². The topological polar surface area (TPSA) is 23.5 Å². The van der Waals surface area contributed by atoms with E-state index in [1.807, 2.05) is 36.0 Å². The number of aliphatic hydroxyl groups excluding tert-OH is 1. The fourth-order valence-electron chi connectivity index (χ4n) is 2.23. The molecule has 4 heteroatoms. The lowest BCUT2D eigenvalue weighted by atomic mass is 10.1. The molecule has 1 saturated heterocycles. The summed E-state index contributed by atoms with van der Waals surface area (Å²) in [4.78, 5) is 2.47. The van der Waals surface area contributed by atoms with Gasteiger partial charge in [0.15, 0.2) is 0 Å². The molecule has 0 bridgehead atoms. The molecule has 18 heavy (non-hydrogen) atoms. The van der Waals surface area contributed by atoms with Crippen molar-refractivity contribution in [2.24, 2.45) is 0 Å². The summed E-state index contributed by atoms with van der Waals surface area (Å²) in [7, 11) is 0. The van der Waals surface area contributed by atoms with Gasteiger partial charge in [0.05, 0.1) is 6.10 Å². The van der Waals surface area contributed by atoms with Crippen molar-refractivity contribution in [2.75, 3.05) is 31.1 Å². The first-order valence-electron chi connectivity index (χ1n) is 6.50. The van der Waals surface area contributed by atoms with Crippen LogP contribution in [0.4, 0.5) is 0 Å². The molecule has 2 rings (SSSR count). The zero-order chi connectivity index (χ0) is 12.8. The van der Waals surface area contributed by atoms with Crippen molar-refractivity contribution in [3.63, 3.8) is 0 Å². The van der Waals surface area contributed by atoms with Crippen molar-refractivity contribution < 1.29 is 5.11 Å². The number of halogens is 1. The molecule has 1 aliphatic rings. The fraction of sp³-hybridized carbons (Fsp3) is 0.571. The molecule has 1 aromatic carbocycles. The number of benzene rings is 1. The van der Waals surface area contributed by atoms with Crippen molar-refractivity contribution in [3.8, 4) is 0 Å². The number of aliphatic hydroxyl groups is 1. The Morgan fingerprint density at radius 1 is 1.28 bits per heavy atom. The monoisotopic (exact) mass is 329 g/mol. The van der Waals surface area contributed by atoms with Gasteiger partial charge >= 0.3 is 0 Å². The van der Waals surface area contributed by atoms with Crippen LogP contribution in [0.25, 0.3) is 0 Å². The van der Waals surface area contributed by atoms with Gasteiger partial charge in [0.1, 0.15) is 0 Å². The Kier molecular flexibility index (Phi) is 6.02. The quantitative estimate of drug-likeness (QED) is 0.916. The maximum absolute atomic E-state index is 10.2. The molecular weight excluding hydrogens is 310 g/mol. The zero-order valence-corrected chi connectivity index (χ0v) is 12.9. The van der Waals surface area contributed by atoms with Crippen molar-refractivity contribution in [1.82, 2.24) is 4.90 Å². The van der Waals surface area contributed by atoms with Crippen LogP contribution < -0.4 is 0 Å². The molecule has 0 amide bonds. The van der Waals surface area contributed by atoms with Crippen LogP contribution in [0.1, 0.15) is 24.5 Å². The van der Waals surface area contributed by atoms with Gasteiger partial charge in [0, 0.05) is 23.3 Å². The Hall–Kier alpha value is -0.0300. The van der Waals surface area contributed by atoms with Gasteiger partial charge in [0.25, 0.3) is 0 Å². The van der Waals surface area contributed by atoms with Gasteiger partial charge in [0.2, 0.25) is 0 Å². The zero-order valence-electron chi connectivity index (χ0n) is 10.5. The molecule has 0 spiro atoms. The Bertz CT molecular complexity index is 367. The minimum absolute atomic E-state index is 0.364. The van der Waals surface area contributed by atoms with Crippen LogP contribution in [0, 0.1) is 0 Å². The normalized spacial score (nSPS) is 19.4. The predicted octanol–water partition coefficient (Wildman–Crippen LogP) is 3.31. The van der Waals surface area contributed by atoms with Crippen molar-refractivity contribution >= 4 is 27.7 Å². The van der Waals surface area contributed by atoms with E-state index in [1.54, 1.807) is 0 Å². The lowest BCUT2D eigenvalue weighted by Gasteiger charge is -2.21. The first-order valence-corrected chi connectivity index (χ1v) is 8.45. The molecule has 1 aromatic rings. The van der Waals surface area contributed by atoms with E-state index < -0.39 is 0 Å². The van der Waals surface area contributed by atoms with Crippen LogP contribution >= 0.6 is 27.7 Å². The second-order valence-electron chi connectivity index (χ2n) is 4.63. The third-order valence-corrected chi connectivity index (χ3v) is 5.07. The second kappa shape index (κ2) is 7.53. The molecule has 1 heterocycles. The summed E-state index contributed by atoms with van der Waals surface area (Å²) in [5, 5.41) is 10.2. The average molecular weight is 330 g/mol. The number of thioether (sulfide) groups is 1. The SMILES string of the molecule is OC(CCN1CCCSCC1)c1ccccc1Br. The summed E-state index contributed by atoms with van der Waals surface area (Å²) in [6.07, 6.45) is 1.72. The smallest absolute Gasteiger partial charge is 0.0813 e. The highest BCUT2D eigenvalue weighted by Crippen LogP contribution is 2.25. The standard InChI is InChI=1S/C14H20BrNOS/c15-13-5-2-1-4-12(13)14(17)6-8-16-7-3-10-18-11-9-16/h1-2,4-5,14,17H,3,6-11H2. The summed E-state index contributed by atoms with van der Waals surface area (Å²) in [5.74, 6) is 2.51.